The van der Waals surface area contributed by atoms with Crippen LogP contribution in [0.25, 0.3) is 11.3 Å². The molecule has 1 N–H and O–H groups in total. The van der Waals surface area contributed by atoms with Crippen LogP contribution in [0.4, 0.5) is 5.69 Å². The SMILES string of the molecule is CC(=O)N1CCc2c(c(-c3ccc(Cl)c(C)c3)nn2CC(O)CN2CCC(N3CCc4cc(Br)ccc43)CC2)C1. The predicted molar refractivity (Wildman–Crippen MR) is 163 cm³/mol. The monoisotopic (exact) mass is 625 g/mol. The number of amides is 1. The molecule has 1 unspecified atom stereocenters. The zero-order valence-corrected chi connectivity index (χ0v) is 25.6. The maximum Gasteiger partial charge on any atom is 0.219 e. The number of fused-ring (bicyclic) bond motifs is 2. The Balaban J connectivity index is 1.12. The van der Waals surface area contributed by atoms with Crippen LogP contribution < -0.4 is 4.90 Å². The van der Waals surface area contributed by atoms with E-state index in [0.29, 0.717) is 32.2 Å². The summed E-state index contributed by atoms with van der Waals surface area (Å²) in [6.45, 7) is 8.99. The molecule has 0 aliphatic carbocycles. The molecule has 9 heteroatoms. The summed E-state index contributed by atoms with van der Waals surface area (Å²) in [7, 11) is 0. The van der Waals surface area contributed by atoms with Crippen molar-refractivity contribution in [3.8, 4) is 11.3 Å². The molecule has 0 spiro atoms. The summed E-state index contributed by atoms with van der Waals surface area (Å²) in [6, 6.07) is 13.2. The Morgan fingerprint density at radius 3 is 2.65 bits per heavy atom. The average molecular weight is 627 g/mol. The van der Waals surface area contributed by atoms with Crippen molar-refractivity contribution in [3.63, 3.8) is 0 Å². The van der Waals surface area contributed by atoms with Gasteiger partial charge in [-0.3, -0.25) is 9.48 Å². The first-order chi connectivity index (χ1) is 19.3. The molecule has 1 atom stereocenters. The maximum atomic E-state index is 12.2. The van der Waals surface area contributed by atoms with Gasteiger partial charge in [0.1, 0.15) is 0 Å². The lowest BCUT2D eigenvalue weighted by Crippen LogP contribution is -2.47. The molecular weight excluding hydrogens is 590 g/mol. The number of carbonyl (C=O) groups is 1. The highest BCUT2D eigenvalue weighted by molar-refractivity contribution is 9.10. The van der Waals surface area contributed by atoms with E-state index in [2.05, 4.69) is 50.0 Å². The molecule has 4 heterocycles. The van der Waals surface area contributed by atoms with E-state index >= 15 is 0 Å². The molecule has 1 saturated heterocycles. The maximum absolute atomic E-state index is 12.2. The predicted octanol–water partition coefficient (Wildman–Crippen LogP) is 5.07. The Morgan fingerprint density at radius 2 is 1.90 bits per heavy atom. The van der Waals surface area contributed by atoms with Gasteiger partial charge in [-0.2, -0.15) is 5.10 Å². The Bertz CT molecular complexity index is 1420. The second-order valence-electron chi connectivity index (χ2n) is 11.5. The molecule has 0 saturated carbocycles. The van der Waals surface area contributed by atoms with Crippen molar-refractivity contribution in [3.05, 3.63) is 68.3 Å². The Morgan fingerprint density at radius 1 is 1.10 bits per heavy atom. The highest BCUT2D eigenvalue weighted by Crippen LogP contribution is 2.35. The van der Waals surface area contributed by atoms with Crippen LogP contribution in [-0.4, -0.2) is 75.5 Å². The summed E-state index contributed by atoms with van der Waals surface area (Å²) in [5.74, 6) is 0.0744. The summed E-state index contributed by atoms with van der Waals surface area (Å²) < 4.78 is 3.14. The summed E-state index contributed by atoms with van der Waals surface area (Å²) in [4.78, 5) is 19.0. The van der Waals surface area contributed by atoms with Crippen molar-refractivity contribution in [1.29, 1.82) is 0 Å². The van der Waals surface area contributed by atoms with Crippen molar-refractivity contribution < 1.29 is 9.90 Å². The Labute approximate surface area is 249 Å². The van der Waals surface area contributed by atoms with Crippen LogP contribution >= 0.6 is 27.5 Å². The molecular formula is C31H37BrClN5O2. The molecule has 1 aromatic heterocycles. The first-order valence-corrected chi connectivity index (χ1v) is 15.5. The molecule has 3 aliphatic heterocycles. The third-order valence-corrected chi connectivity index (χ3v) is 9.75. The van der Waals surface area contributed by atoms with E-state index in [4.69, 9.17) is 16.7 Å². The van der Waals surface area contributed by atoms with Crippen LogP contribution in [0.2, 0.25) is 5.02 Å². The minimum absolute atomic E-state index is 0.0744. The average Bonchev–Trinajstić information content (AvgIpc) is 3.51. The van der Waals surface area contributed by atoms with Crippen LogP contribution in [0.15, 0.2) is 40.9 Å². The lowest BCUT2D eigenvalue weighted by atomic mass is 9.99. The first-order valence-electron chi connectivity index (χ1n) is 14.3. The van der Waals surface area contributed by atoms with Crippen molar-refractivity contribution in [1.82, 2.24) is 19.6 Å². The standard InChI is InChI=1S/C31H37BrClN5O2/c1-20-15-23(3-5-28(20)33)31-27-19-36(21(2)39)13-10-30(27)38(34-31)18-26(40)17-35-11-8-25(9-12-35)37-14-7-22-16-24(32)4-6-29(22)37/h3-6,15-16,25-26,40H,7-14,17-19H2,1-2H3. The smallest absolute Gasteiger partial charge is 0.219 e. The van der Waals surface area contributed by atoms with Crippen molar-refractivity contribution in [2.24, 2.45) is 0 Å². The largest absolute Gasteiger partial charge is 0.390 e. The van der Waals surface area contributed by atoms with Gasteiger partial charge in [-0.25, -0.2) is 0 Å². The van der Waals surface area contributed by atoms with Gasteiger partial charge in [0.05, 0.1) is 18.3 Å². The third-order valence-electron chi connectivity index (χ3n) is 8.83. The number of aliphatic hydroxyl groups excluding tert-OH is 1. The number of aryl methyl sites for hydroxylation is 1. The number of β-amino-alcohol motifs (C(OH)–C–C–N with tert-alkyl or cyclic N) is 1. The number of halogens is 2. The van der Waals surface area contributed by atoms with Gasteiger partial charge in [-0.1, -0.05) is 33.6 Å². The Kier molecular flexibility index (Phi) is 7.96. The van der Waals surface area contributed by atoms with Crippen molar-refractivity contribution in [2.75, 3.05) is 37.6 Å². The molecule has 2 aromatic carbocycles. The fraction of sp³-hybridized carbons (Fsp3) is 0.484. The Hall–Kier alpha value is -2.39. The number of piperidine rings is 1. The number of aromatic nitrogens is 2. The lowest BCUT2D eigenvalue weighted by molar-refractivity contribution is -0.129. The minimum Gasteiger partial charge on any atom is -0.390 e. The number of carbonyl (C=O) groups excluding carboxylic acids is 1. The number of rotatable bonds is 6. The quantitative estimate of drug-likeness (QED) is 0.414. The molecule has 3 aliphatic rings. The fourth-order valence-electron chi connectivity index (χ4n) is 6.68. The molecule has 0 bridgehead atoms. The summed E-state index contributed by atoms with van der Waals surface area (Å²) >= 11 is 9.90. The topological polar surface area (TPSA) is 64.8 Å². The highest BCUT2D eigenvalue weighted by atomic mass is 79.9. The summed E-state index contributed by atoms with van der Waals surface area (Å²) in [5.41, 5.74) is 7.90. The van der Waals surface area contributed by atoms with Gasteiger partial charge in [-0.05, 0) is 67.6 Å². The van der Waals surface area contributed by atoms with Crippen LogP contribution in [0.1, 0.15) is 42.1 Å². The van der Waals surface area contributed by atoms with Gasteiger partial charge in [0.2, 0.25) is 5.91 Å². The molecule has 1 amide bonds. The molecule has 6 rings (SSSR count). The number of nitrogens with zero attached hydrogens (tertiary/aromatic N) is 5. The van der Waals surface area contributed by atoms with Gasteiger partial charge in [0.15, 0.2) is 0 Å². The van der Waals surface area contributed by atoms with Gasteiger partial charge in [0.25, 0.3) is 0 Å². The van der Waals surface area contributed by atoms with E-state index in [1.807, 2.05) is 28.6 Å². The van der Waals surface area contributed by atoms with Gasteiger partial charge < -0.3 is 19.8 Å². The molecule has 40 heavy (non-hydrogen) atoms. The van der Waals surface area contributed by atoms with E-state index in [1.54, 1.807) is 6.92 Å². The van der Waals surface area contributed by atoms with Crippen LogP contribution in [0, 0.1) is 6.92 Å². The number of hydrogen-bond donors (Lipinski definition) is 1. The zero-order valence-electron chi connectivity index (χ0n) is 23.2. The molecule has 3 aromatic rings. The van der Waals surface area contributed by atoms with E-state index in [-0.39, 0.29) is 5.91 Å². The second-order valence-corrected chi connectivity index (χ2v) is 12.8. The van der Waals surface area contributed by atoms with Crippen LogP contribution in [0.3, 0.4) is 0 Å². The molecule has 0 radical (unpaired) electrons. The first kappa shape index (κ1) is 27.8. The summed E-state index contributed by atoms with van der Waals surface area (Å²) in [6.07, 6.45) is 3.56. The highest BCUT2D eigenvalue weighted by Gasteiger charge is 2.31. The number of likely N-dealkylation sites (tertiary alicyclic amines) is 1. The van der Waals surface area contributed by atoms with Gasteiger partial charge in [0, 0.05) is 90.7 Å². The molecule has 212 valence electrons. The zero-order chi connectivity index (χ0) is 28.0. The second kappa shape index (κ2) is 11.5. The normalized spacial score (nSPS) is 18.6. The van der Waals surface area contributed by atoms with E-state index in [9.17, 15) is 9.90 Å². The van der Waals surface area contributed by atoms with Gasteiger partial charge >= 0.3 is 0 Å². The minimum atomic E-state index is -0.518. The molecule has 1 fully saturated rings. The molecule has 7 nitrogen and oxygen atoms in total. The summed E-state index contributed by atoms with van der Waals surface area (Å²) in [5, 5.41) is 16.9. The van der Waals surface area contributed by atoms with Gasteiger partial charge in [-0.15, -0.1) is 0 Å². The van der Waals surface area contributed by atoms with Crippen LogP contribution in [0.5, 0.6) is 0 Å². The van der Waals surface area contributed by atoms with Crippen molar-refractivity contribution in [2.45, 2.75) is 64.8 Å². The fourth-order valence-corrected chi connectivity index (χ4v) is 7.20. The number of aliphatic hydroxyl groups is 1. The number of hydrogen-bond acceptors (Lipinski definition) is 5. The number of anilines is 1. The van der Waals surface area contributed by atoms with E-state index < -0.39 is 6.10 Å². The van der Waals surface area contributed by atoms with Crippen LogP contribution in [-0.2, 0) is 30.7 Å². The van der Waals surface area contributed by atoms with E-state index in [1.165, 1.54) is 11.3 Å². The van der Waals surface area contributed by atoms with E-state index in [0.717, 1.165) is 82.9 Å². The van der Waals surface area contributed by atoms with Crippen molar-refractivity contribution >= 4 is 39.1 Å². The number of benzene rings is 2. The lowest BCUT2D eigenvalue weighted by Gasteiger charge is -2.38. The third kappa shape index (κ3) is 5.56.